The molecule has 0 saturated carbocycles. The van der Waals surface area contributed by atoms with Gasteiger partial charge in [0.1, 0.15) is 16.9 Å². The molecule has 0 bridgehead atoms. The predicted octanol–water partition coefficient (Wildman–Crippen LogP) is 3.69. The standard InChI is InChI=1S/C22H24N4O3/c1-13-7-6-8-14(2)20(13)29-18-11-17(22(3,4)28)24-26(18)16-12-25(5)21(27)19-15(16)9-10-23-19/h6-12,23,28H,1-5H3. The number of aryl methyl sites for hydroxylation is 3. The summed E-state index contributed by atoms with van der Waals surface area (Å²) in [7, 11) is 1.69. The minimum atomic E-state index is -1.15. The van der Waals surface area contributed by atoms with Crippen LogP contribution < -0.4 is 10.3 Å². The van der Waals surface area contributed by atoms with Gasteiger partial charge < -0.3 is 19.4 Å². The number of aromatic amines is 1. The number of nitrogens with one attached hydrogen (secondary N) is 1. The van der Waals surface area contributed by atoms with Gasteiger partial charge in [-0.1, -0.05) is 18.2 Å². The molecule has 0 radical (unpaired) electrons. The van der Waals surface area contributed by atoms with Gasteiger partial charge in [-0.25, -0.2) is 0 Å². The van der Waals surface area contributed by atoms with Crippen LogP contribution in [-0.4, -0.2) is 24.4 Å². The third kappa shape index (κ3) is 3.23. The van der Waals surface area contributed by atoms with Crippen LogP contribution in [0.2, 0.25) is 0 Å². The minimum absolute atomic E-state index is 0.124. The zero-order chi connectivity index (χ0) is 20.9. The smallest absolute Gasteiger partial charge is 0.274 e. The van der Waals surface area contributed by atoms with E-state index in [0.717, 1.165) is 22.3 Å². The number of rotatable bonds is 4. The summed E-state index contributed by atoms with van der Waals surface area (Å²) in [5, 5.41) is 15.9. The number of hydrogen-bond donors (Lipinski definition) is 2. The van der Waals surface area contributed by atoms with E-state index in [4.69, 9.17) is 4.74 Å². The number of hydrogen-bond acceptors (Lipinski definition) is 4. The Hall–Kier alpha value is -3.32. The van der Waals surface area contributed by atoms with E-state index in [-0.39, 0.29) is 5.56 Å². The molecule has 0 aliphatic carbocycles. The highest BCUT2D eigenvalue weighted by molar-refractivity contribution is 5.87. The van der Waals surface area contributed by atoms with Gasteiger partial charge in [-0.15, -0.1) is 0 Å². The average Bonchev–Trinajstić information content (AvgIpc) is 3.28. The number of aromatic nitrogens is 4. The normalized spacial score (nSPS) is 11.9. The molecule has 3 aromatic heterocycles. The number of fused-ring (bicyclic) bond motifs is 1. The minimum Gasteiger partial charge on any atom is -0.438 e. The van der Waals surface area contributed by atoms with Crippen molar-refractivity contribution in [1.29, 1.82) is 0 Å². The molecule has 7 nitrogen and oxygen atoms in total. The zero-order valence-corrected chi connectivity index (χ0v) is 17.1. The Bertz CT molecular complexity index is 1250. The third-order valence-corrected chi connectivity index (χ3v) is 5.02. The second-order valence-electron chi connectivity index (χ2n) is 7.86. The monoisotopic (exact) mass is 392 g/mol. The molecular weight excluding hydrogens is 368 g/mol. The third-order valence-electron chi connectivity index (χ3n) is 5.02. The maximum atomic E-state index is 12.4. The molecule has 2 N–H and O–H groups in total. The second-order valence-corrected chi connectivity index (χ2v) is 7.86. The molecule has 0 spiro atoms. The fourth-order valence-corrected chi connectivity index (χ4v) is 3.39. The Labute approximate surface area is 168 Å². The van der Waals surface area contributed by atoms with Crippen molar-refractivity contribution in [3.05, 3.63) is 69.9 Å². The Balaban J connectivity index is 1.97. The molecule has 150 valence electrons. The van der Waals surface area contributed by atoms with Crippen LogP contribution in [0.25, 0.3) is 16.6 Å². The summed E-state index contributed by atoms with van der Waals surface area (Å²) < 4.78 is 9.42. The number of pyridine rings is 1. The van der Waals surface area contributed by atoms with E-state index < -0.39 is 5.60 Å². The number of H-pyrrole nitrogens is 1. The van der Waals surface area contributed by atoms with Crippen LogP contribution in [0.15, 0.2) is 47.5 Å². The first-order valence-electron chi connectivity index (χ1n) is 9.41. The summed E-state index contributed by atoms with van der Waals surface area (Å²) in [6.45, 7) is 7.32. The highest BCUT2D eigenvalue weighted by Gasteiger charge is 2.25. The first-order chi connectivity index (χ1) is 13.7. The largest absolute Gasteiger partial charge is 0.438 e. The molecule has 3 heterocycles. The molecular formula is C22H24N4O3. The van der Waals surface area contributed by atoms with Crippen molar-refractivity contribution in [2.45, 2.75) is 33.3 Å². The van der Waals surface area contributed by atoms with Gasteiger partial charge >= 0.3 is 0 Å². The molecule has 0 aliphatic heterocycles. The Kier molecular flexibility index (Phi) is 4.35. The number of para-hydroxylation sites is 1. The maximum absolute atomic E-state index is 12.4. The highest BCUT2D eigenvalue weighted by Crippen LogP contribution is 2.34. The lowest BCUT2D eigenvalue weighted by Gasteiger charge is -2.14. The van der Waals surface area contributed by atoms with Crippen molar-refractivity contribution in [3.8, 4) is 17.3 Å². The second kappa shape index (κ2) is 6.63. The van der Waals surface area contributed by atoms with Crippen molar-refractivity contribution in [2.75, 3.05) is 0 Å². The van der Waals surface area contributed by atoms with Gasteiger partial charge in [0.15, 0.2) is 0 Å². The molecule has 4 aromatic rings. The number of aliphatic hydroxyl groups is 1. The van der Waals surface area contributed by atoms with Crippen LogP contribution in [0.4, 0.5) is 0 Å². The topological polar surface area (TPSA) is 85.1 Å². The first kappa shape index (κ1) is 19.0. The van der Waals surface area contributed by atoms with Crippen LogP contribution in [0.5, 0.6) is 11.6 Å². The van der Waals surface area contributed by atoms with Crippen LogP contribution in [0, 0.1) is 13.8 Å². The van der Waals surface area contributed by atoms with Gasteiger partial charge in [0, 0.05) is 30.9 Å². The van der Waals surface area contributed by atoms with Gasteiger partial charge in [-0.3, -0.25) is 4.79 Å². The molecule has 1 aromatic carbocycles. The van der Waals surface area contributed by atoms with Crippen molar-refractivity contribution in [3.63, 3.8) is 0 Å². The molecule has 0 saturated heterocycles. The fraction of sp³-hybridized carbons (Fsp3) is 0.273. The lowest BCUT2D eigenvalue weighted by molar-refractivity contribution is 0.0734. The highest BCUT2D eigenvalue weighted by atomic mass is 16.5. The summed E-state index contributed by atoms with van der Waals surface area (Å²) in [6, 6.07) is 9.51. The van der Waals surface area contributed by atoms with E-state index in [0.29, 0.717) is 22.8 Å². The van der Waals surface area contributed by atoms with Crippen molar-refractivity contribution in [2.24, 2.45) is 7.05 Å². The lowest BCUT2D eigenvalue weighted by atomic mass is 10.1. The van der Waals surface area contributed by atoms with Crippen LogP contribution >= 0.6 is 0 Å². The van der Waals surface area contributed by atoms with Crippen molar-refractivity contribution in [1.82, 2.24) is 19.3 Å². The molecule has 29 heavy (non-hydrogen) atoms. The maximum Gasteiger partial charge on any atom is 0.274 e. The number of ether oxygens (including phenoxy) is 1. The van der Waals surface area contributed by atoms with Crippen LogP contribution in [0.1, 0.15) is 30.7 Å². The van der Waals surface area contributed by atoms with E-state index in [2.05, 4.69) is 10.1 Å². The first-order valence-corrected chi connectivity index (χ1v) is 9.41. The lowest BCUT2D eigenvalue weighted by Crippen LogP contribution is -2.19. The summed E-state index contributed by atoms with van der Waals surface area (Å²) in [5.41, 5.74) is 2.35. The van der Waals surface area contributed by atoms with E-state index in [1.165, 1.54) is 4.57 Å². The average molecular weight is 392 g/mol. The summed E-state index contributed by atoms with van der Waals surface area (Å²) in [4.78, 5) is 15.4. The van der Waals surface area contributed by atoms with Gasteiger partial charge in [-0.2, -0.15) is 9.78 Å². The Morgan fingerprint density at radius 2 is 1.86 bits per heavy atom. The van der Waals surface area contributed by atoms with Gasteiger partial charge in [0.2, 0.25) is 5.88 Å². The molecule has 4 rings (SSSR count). The summed E-state index contributed by atoms with van der Waals surface area (Å²) in [6.07, 6.45) is 3.44. The van der Waals surface area contributed by atoms with E-state index in [1.807, 2.05) is 38.1 Å². The van der Waals surface area contributed by atoms with E-state index in [1.54, 1.807) is 44.0 Å². The molecule has 0 unspecified atom stereocenters. The van der Waals surface area contributed by atoms with Crippen LogP contribution in [-0.2, 0) is 12.6 Å². The molecule has 0 aliphatic rings. The molecule has 0 atom stereocenters. The van der Waals surface area contributed by atoms with Gasteiger partial charge in [-0.05, 0) is 44.9 Å². The van der Waals surface area contributed by atoms with Crippen LogP contribution in [0.3, 0.4) is 0 Å². The SMILES string of the molecule is Cc1cccc(C)c1Oc1cc(C(C)(C)O)nn1-c1cn(C)c(=O)c2[nH]ccc12. The van der Waals surface area contributed by atoms with E-state index >= 15 is 0 Å². The number of nitrogens with zero attached hydrogens (tertiary/aromatic N) is 3. The van der Waals surface area contributed by atoms with Gasteiger partial charge in [0.25, 0.3) is 5.56 Å². The summed E-state index contributed by atoms with van der Waals surface area (Å²) >= 11 is 0. The van der Waals surface area contributed by atoms with E-state index in [9.17, 15) is 9.90 Å². The Morgan fingerprint density at radius 1 is 1.17 bits per heavy atom. The molecule has 0 amide bonds. The zero-order valence-electron chi connectivity index (χ0n) is 17.1. The predicted molar refractivity (Wildman–Crippen MR) is 112 cm³/mol. The molecule has 0 fully saturated rings. The van der Waals surface area contributed by atoms with Crippen molar-refractivity contribution < 1.29 is 9.84 Å². The summed E-state index contributed by atoms with van der Waals surface area (Å²) in [5.74, 6) is 1.20. The molecule has 7 heteroatoms. The fourth-order valence-electron chi connectivity index (χ4n) is 3.39. The Morgan fingerprint density at radius 3 is 2.52 bits per heavy atom. The van der Waals surface area contributed by atoms with Crippen molar-refractivity contribution >= 4 is 10.9 Å². The quantitative estimate of drug-likeness (QED) is 0.555. The van der Waals surface area contributed by atoms with Gasteiger partial charge in [0.05, 0.1) is 11.4 Å². The number of benzene rings is 1.